The Labute approximate surface area is 172 Å². The topological polar surface area (TPSA) is 59.1 Å². The highest BCUT2D eigenvalue weighted by Gasteiger charge is 2.13. The van der Waals surface area contributed by atoms with Crippen LogP contribution in [0.1, 0.15) is 0 Å². The molecule has 1 heterocycles. The van der Waals surface area contributed by atoms with E-state index in [9.17, 15) is 8.42 Å². The fourth-order valence-electron chi connectivity index (χ4n) is 2.65. The fourth-order valence-corrected chi connectivity index (χ4v) is 4.70. The van der Waals surface area contributed by atoms with E-state index in [0.29, 0.717) is 10.7 Å². The summed E-state index contributed by atoms with van der Waals surface area (Å²) in [6.07, 6.45) is 0. The molecule has 0 aliphatic heterocycles. The Morgan fingerprint density at radius 1 is 0.821 bits per heavy atom. The number of sulfonamides is 1. The Bertz CT molecular complexity index is 1190. The van der Waals surface area contributed by atoms with Gasteiger partial charge in [-0.2, -0.15) is 0 Å². The molecular formula is C21H15ClN2O2S2. The van der Waals surface area contributed by atoms with E-state index in [-0.39, 0.29) is 4.90 Å². The first-order valence-corrected chi connectivity index (χ1v) is 11.2. The molecule has 0 aliphatic rings. The molecule has 0 bridgehead atoms. The van der Waals surface area contributed by atoms with Gasteiger partial charge in [-0.15, -0.1) is 11.3 Å². The average Bonchev–Trinajstić information content (AvgIpc) is 3.20. The van der Waals surface area contributed by atoms with E-state index >= 15 is 0 Å². The minimum atomic E-state index is -3.60. The zero-order valence-electron chi connectivity index (χ0n) is 14.5. The largest absolute Gasteiger partial charge is 0.280 e. The normalized spacial score (nSPS) is 11.3. The van der Waals surface area contributed by atoms with Crippen LogP contribution in [0, 0.1) is 0 Å². The van der Waals surface area contributed by atoms with Gasteiger partial charge in [0.15, 0.2) is 0 Å². The summed E-state index contributed by atoms with van der Waals surface area (Å²) in [5, 5.41) is 3.57. The predicted molar refractivity (Wildman–Crippen MR) is 115 cm³/mol. The lowest BCUT2D eigenvalue weighted by Gasteiger charge is -2.08. The molecule has 0 spiro atoms. The Morgan fingerprint density at radius 3 is 2.14 bits per heavy atom. The van der Waals surface area contributed by atoms with Gasteiger partial charge in [0, 0.05) is 27.2 Å². The van der Waals surface area contributed by atoms with Crippen LogP contribution in [0.25, 0.3) is 21.8 Å². The molecule has 1 aromatic heterocycles. The molecule has 3 aromatic carbocycles. The second-order valence-corrected chi connectivity index (χ2v) is 9.02. The number of hydrogen-bond acceptors (Lipinski definition) is 4. The number of halogens is 1. The maximum atomic E-state index is 12.4. The second-order valence-electron chi connectivity index (χ2n) is 6.04. The zero-order chi connectivity index (χ0) is 19.6. The molecule has 0 saturated carbocycles. The Morgan fingerprint density at radius 2 is 1.46 bits per heavy atom. The number of hydrogen-bond donors (Lipinski definition) is 1. The molecule has 7 heteroatoms. The summed E-state index contributed by atoms with van der Waals surface area (Å²) in [4.78, 5) is 4.90. The quantitative estimate of drug-likeness (QED) is 0.430. The van der Waals surface area contributed by atoms with Crippen molar-refractivity contribution in [1.82, 2.24) is 4.98 Å². The van der Waals surface area contributed by atoms with Gasteiger partial charge in [0.05, 0.1) is 10.6 Å². The molecule has 0 unspecified atom stereocenters. The van der Waals surface area contributed by atoms with E-state index in [1.807, 2.05) is 41.8 Å². The van der Waals surface area contributed by atoms with Gasteiger partial charge in [-0.3, -0.25) is 4.72 Å². The second kappa shape index (κ2) is 7.75. The van der Waals surface area contributed by atoms with E-state index in [4.69, 9.17) is 11.6 Å². The van der Waals surface area contributed by atoms with E-state index in [1.54, 1.807) is 53.8 Å². The van der Waals surface area contributed by atoms with E-state index < -0.39 is 10.0 Å². The Balaban J connectivity index is 1.53. The monoisotopic (exact) mass is 426 g/mol. The van der Waals surface area contributed by atoms with Crippen LogP contribution in [0.4, 0.5) is 5.69 Å². The minimum Gasteiger partial charge on any atom is -0.280 e. The highest BCUT2D eigenvalue weighted by atomic mass is 35.5. The molecule has 4 rings (SSSR count). The molecule has 0 radical (unpaired) electrons. The fraction of sp³-hybridized carbons (Fsp3) is 0. The molecule has 0 saturated heterocycles. The SMILES string of the molecule is O=S(=O)(Nc1ccc(-c2csc(-c3ccc(Cl)cc3)n2)cc1)c1ccccc1. The van der Waals surface area contributed by atoms with Crippen LogP contribution in [0.2, 0.25) is 5.02 Å². The third-order valence-corrected chi connectivity index (χ3v) is 6.62. The molecule has 4 aromatic rings. The predicted octanol–water partition coefficient (Wildman–Crippen LogP) is 5.93. The van der Waals surface area contributed by atoms with Gasteiger partial charge in [0.1, 0.15) is 5.01 Å². The summed E-state index contributed by atoms with van der Waals surface area (Å²) in [5.41, 5.74) is 3.26. The first kappa shape index (κ1) is 18.7. The molecule has 0 amide bonds. The molecule has 0 aliphatic carbocycles. The highest BCUT2D eigenvalue weighted by molar-refractivity contribution is 7.92. The molecule has 1 N–H and O–H groups in total. The van der Waals surface area contributed by atoms with Crippen molar-refractivity contribution in [1.29, 1.82) is 0 Å². The standard InChI is InChI=1S/C21H15ClN2O2S2/c22-17-10-6-16(7-11-17)21-23-20(14-27-21)15-8-12-18(13-9-15)24-28(25,26)19-4-2-1-3-5-19/h1-14,24H. The summed E-state index contributed by atoms with van der Waals surface area (Å²) in [6.45, 7) is 0. The van der Waals surface area contributed by atoms with Crippen LogP contribution in [-0.2, 0) is 10.0 Å². The van der Waals surface area contributed by atoms with E-state index in [0.717, 1.165) is 21.8 Å². The number of nitrogens with one attached hydrogen (secondary N) is 1. The van der Waals surface area contributed by atoms with Crippen molar-refractivity contribution in [3.8, 4) is 21.8 Å². The number of thiazole rings is 1. The van der Waals surface area contributed by atoms with Crippen molar-refractivity contribution in [2.75, 3.05) is 4.72 Å². The molecule has 28 heavy (non-hydrogen) atoms. The average molecular weight is 427 g/mol. The van der Waals surface area contributed by atoms with E-state index in [2.05, 4.69) is 9.71 Å². The number of anilines is 1. The van der Waals surface area contributed by atoms with Crippen LogP contribution >= 0.6 is 22.9 Å². The van der Waals surface area contributed by atoms with Crippen molar-refractivity contribution in [2.45, 2.75) is 4.90 Å². The summed E-state index contributed by atoms with van der Waals surface area (Å²) >= 11 is 7.48. The van der Waals surface area contributed by atoms with Crippen LogP contribution in [-0.4, -0.2) is 13.4 Å². The van der Waals surface area contributed by atoms with Crippen molar-refractivity contribution in [2.24, 2.45) is 0 Å². The van der Waals surface area contributed by atoms with Crippen molar-refractivity contribution in [3.63, 3.8) is 0 Å². The summed E-state index contributed by atoms with van der Waals surface area (Å²) in [7, 11) is -3.60. The van der Waals surface area contributed by atoms with Gasteiger partial charge in [0.25, 0.3) is 10.0 Å². The van der Waals surface area contributed by atoms with Gasteiger partial charge in [0.2, 0.25) is 0 Å². The first-order valence-electron chi connectivity index (χ1n) is 8.41. The zero-order valence-corrected chi connectivity index (χ0v) is 16.9. The summed E-state index contributed by atoms with van der Waals surface area (Å²) in [6, 6.07) is 23.0. The number of rotatable bonds is 5. The smallest absolute Gasteiger partial charge is 0.261 e. The lowest BCUT2D eigenvalue weighted by Crippen LogP contribution is -2.12. The number of nitrogens with zero attached hydrogens (tertiary/aromatic N) is 1. The van der Waals surface area contributed by atoms with Crippen molar-refractivity contribution in [3.05, 3.63) is 89.3 Å². The van der Waals surface area contributed by atoms with E-state index in [1.165, 1.54) is 0 Å². The lowest BCUT2D eigenvalue weighted by molar-refractivity contribution is 0.601. The number of benzene rings is 3. The number of aromatic nitrogens is 1. The van der Waals surface area contributed by atoms with Crippen molar-refractivity contribution < 1.29 is 8.42 Å². The molecule has 0 fully saturated rings. The van der Waals surface area contributed by atoms with Gasteiger partial charge < -0.3 is 0 Å². The summed E-state index contributed by atoms with van der Waals surface area (Å²) in [5.74, 6) is 0. The van der Waals surface area contributed by atoms with Gasteiger partial charge in [-0.1, -0.05) is 54.1 Å². The third kappa shape index (κ3) is 4.09. The van der Waals surface area contributed by atoms with Gasteiger partial charge in [-0.25, -0.2) is 13.4 Å². The Kier molecular flexibility index (Phi) is 5.17. The maximum Gasteiger partial charge on any atom is 0.261 e. The first-order chi connectivity index (χ1) is 13.5. The summed E-state index contributed by atoms with van der Waals surface area (Å²) < 4.78 is 27.4. The molecule has 4 nitrogen and oxygen atoms in total. The lowest BCUT2D eigenvalue weighted by atomic mass is 10.1. The highest BCUT2D eigenvalue weighted by Crippen LogP contribution is 2.30. The maximum absolute atomic E-state index is 12.4. The molecule has 140 valence electrons. The molecule has 0 atom stereocenters. The van der Waals surface area contributed by atoms with Crippen LogP contribution in [0.5, 0.6) is 0 Å². The van der Waals surface area contributed by atoms with Gasteiger partial charge >= 0.3 is 0 Å². The molecular weight excluding hydrogens is 412 g/mol. The minimum absolute atomic E-state index is 0.228. The van der Waals surface area contributed by atoms with Crippen LogP contribution < -0.4 is 4.72 Å². The van der Waals surface area contributed by atoms with Crippen molar-refractivity contribution >= 4 is 38.6 Å². The van der Waals surface area contributed by atoms with Gasteiger partial charge in [-0.05, 0) is 36.4 Å². The Hall–Kier alpha value is -2.67. The van der Waals surface area contributed by atoms with Crippen LogP contribution in [0.3, 0.4) is 0 Å². The van der Waals surface area contributed by atoms with Crippen LogP contribution in [0.15, 0.2) is 89.1 Å². The third-order valence-electron chi connectivity index (χ3n) is 4.08.